The SMILES string of the molecule is NC1CCCCCC1c1nc2cccc(Cl)c2s1. The van der Waals surface area contributed by atoms with Gasteiger partial charge < -0.3 is 5.73 Å². The normalized spacial score (nSPS) is 25.2. The molecule has 0 aliphatic heterocycles. The van der Waals surface area contributed by atoms with Gasteiger partial charge in [-0.3, -0.25) is 0 Å². The van der Waals surface area contributed by atoms with E-state index in [2.05, 4.69) is 0 Å². The van der Waals surface area contributed by atoms with Crippen molar-refractivity contribution in [3.05, 3.63) is 28.2 Å². The van der Waals surface area contributed by atoms with Crippen LogP contribution in [0.3, 0.4) is 0 Å². The molecule has 2 N–H and O–H groups in total. The Bertz CT molecular complexity index is 552. The molecule has 96 valence electrons. The summed E-state index contributed by atoms with van der Waals surface area (Å²) in [6.07, 6.45) is 6.11. The number of fused-ring (bicyclic) bond motifs is 1. The molecule has 2 unspecified atom stereocenters. The lowest BCUT2D eigenvalue weighted by molar-refractivity contribution is 0.504. The number of thiazole rings is 1. The molecule has 0 saturated heterocycles. The third-order valence-electron chi connectivity index (χ3n) is 3.77. The van der Waals surface area contributed by atoms with Crippen LogP contribution in [0.2, 0.25) is 5.02 Å². The van der Waals surface area contributed by atoms with E-state index in [0.29, 0.717) is 5.92 Å². The Morgan fingerprint density at radius 3 is 2.89 bits per heavy atom. The number of hydrogen-bond donors (Lipinski definition) is 1. The second kappa shape index (κ2) is 5.16. The fourth-order valence-corrected chi connectivity index (χ4v) is 4.20. The lowest BCUT2D eigenvalue weighted by Gasteiger charge is -2.18. The van der Waals surface area contributed by atoms with Crippen molar-refractivity contribution >= 4 is 33.2 Å². The molecule has 2 aromatic rings. The number of hydrogen-bond acceptors (Lipinski definition) is 3. The third-order valence-corrected chi connectivity index (χ3v) is 5.43. The highest BCUT2D eigenvalue weighted by molar-refractivity contribution is 7.19. The number of halogens is 1. The van der Waals surface area contributed by atoms with Crippen molar-refractivity contribution in [3.63, 3.8) is 0 Å². The topological polar surface area (TPSA) is 38.9 Å². The van der Waals surface area contributed by atoms with Crippen molar-refractivity contribution in [1.82, 2.24) is 4.98 Å². The van der Waals surface area contributed by atoms with Gasteiger partial charge >= 0.3 is 0 Å². The number of nitrogens with zero attached hydrogens (tertiary/aromatic N) is 1. The molecule has 1 fully saturated rings. The lowest BCUT2D eigenvalue weighted by Crippen LogP contribution is -2.27. The monoisotopic (exact) mass is 280 g/mol. The molecule has 3 rings (SSSR count). The van der Waals surface area contributed by atoms with Crippen LogP contribution >= 0.6 is 22.9 Å². The summed E-state index contributed by atoms with van der Waals surface area (Å²) in [6, 6.07) is 6.18. The Hall–Kier alpha value is -0.640. The van der Waals surface area contributed by atoms with Gasteiger partial charge in [-0.15, -0.1) is 11.3 Å². The van der Waals surface area contributed by atoms with Crippen molar-refractivity contribution in [2.24, 2.45) is 5.73 Å². The molecular weight excluding hydrogens is 264 g/mol. The molecule has 1 aliphatic rings. The van der Waals surface area contributed by atoms with Crippen LogP contribution in [0.15, 0.2) is 18.2 Å². The molecule has 2 nitrogen and oxygen atoms in total. The van der Waals surface area contributed by atoms with Gasteiger partial charge in [0, 0.05) is 12.0 Å². The maximum absolute atomic E-state index is 6.30. The molecule has 18 heavy (non-hydrogen) atoms. The number of benzene rings is 1. The Kier molecular flexibility index (Phi) is 3.55. The van der Waals surface area contributed by atoms with Crippen LogP contribution in [-0.4, -0.2) is 11.0 Å². The van der Waals surface area contributed by atoms with E-state index in [1.165, 1.54) is 30.7 Å². The summed E-state index contributed by atoms with van der Waals surface area (Å²) in [5.41, 5.74) is 7.32. The Morgan fingerprint density at radius 2 is 2.06 bits per heavy atom. The van der Waals surface area contributed by atoms with Gasteiger partial charge in [-0.1, -0.05) is 36.9 Å². The molecule has 2 atom stereocenters. The summed E-state index contributed by atoms with van der Waals surface area (Å²) in [6.45, 7) is 0. The number of aromatic nitrogens is 1. The van der Waals surface area contributed by atoms with E-state index in [9.17, 15) is 0 Å². The maximum atomic E-state index is 6.30. The zero-order chi connectivity index (χ0) is 12.5. The summed E-state index contributed by atoms with van der Waals surface area (Å²) >= 11 is 7.94. The van der Waals surface area contributed by atoms with Crippen LogP contribution in [-0.2, 0) is 0 Å². The molecule has 1 saturated carbocycles. The first-order valence-electron chi connectivity index (χ1n) is 6.56. The molecule has 1 aromatic heterocycles. The first-order valence-corrected chi connectivity index (χ1v) is 7.75. The Balaban J connectivity index is 2.00. The van der Waals surface area contributed by atoms with E-state index in [1.54, 1.807) is 11.3 Å². The third kappa shape index (κ3) is 2.27. The van der Waals surface area contributed by atoms with Gasteiger partial charge in [0.25, 0.3) is 0 Å². The summed E-state index contributed by atoms with van der Waals surface area (Å²) < 4.78 is 1.10. The minimum atomic E-state index is 0.256. The Morgan fingerprint density at radius 1 is 1.22 bits per heavy atom. The molecule has 4 heteroatoms. The maximum Gasteiger partial charge on any atom is 0.0985 e. The van der Waals surface area contributed by atoms with Gasteiger partial charge in [0.05, 0.1) is 20.2 Å². The van der Waals surface area contributed by atoms with Crippen molar-refractivity contribution in [1.29, 1.82) is 0 Å². The van der Waals surface area contributed by atoms with Crippen LogP contribution in [0.5, 0.6) is 0 Å². The summed E-state index contributed by atoms with van der Waals surface area (Å²) in [4.78, 5) is 4.74. The van der Waals surface area contributed by atoms with E-state index in [-0.39, 0.29) is 6.04 Å². The zero-order valence-electron chi connectivity index (χ0n) is 10.2. The summed E-state index contributed by atoms with van der Waals surface area (Å²) in [5, 5.41) is 1.98. The van der Waals surface area contributed by atoms with Gasteiger partial charge in [0.15, 0.2) is 0 Å². The van der Waals surface area contributed by atoms with Crippen LogP contribution in [0.1, 0.15) is 43.0 Å². The van der Waals surface area contributed by atoms with Crippen molar-refractivity contribution in [2.45, 2.75) is 44.1 Å². The van der Waals surface area contributed by atoms with Crippen molar-refractivity contribution in [2.75, 3.05) is 0 Å². The van der Waals surface area contributed by atoms with Crippen LogP contribution in [0.25, 0.3) is 10.2 Å². The first-order chi connectivity index (χ1) is 8.75. The molecular formula is C14H17ClN2S. The molecule has 0 spiro atoms. The highest BCUT2D eigenvalue weighted by atomic mass is 35.5. The minimum absolute atomic E-state index is 0.256. The van der Waals surface area contributed by atoms with Gasteiger partial charge in [0.2, 0.25) is 0 Å². The van der Waals surface area contributed by atoms with E-state index < -0.39 is 0 Å². The number of nitrogens with two attached hydrogens (primary N) is 1. The lowest BCUT2D eigenvalue weighted by atomic mass is 9.96. The molecule has 0 bridgehead atoms. The van der Waals surface area contributed by atoms with E-state index >= 15 is 0 Å². The van der Waals surface area contributed by atoms with E-state index in [4.69, 9.17) is 22.3 Å². The highest BCUT2D eigenvalue weighted by Crippen LogP contribution is 2.37. The van der Waals surface area contributed by atoms with Crippen LogP contribution < -0.4 is 5.73 Å². The Labute approximate surface area is 116 Å². The average molecular weight is 281 g/mol. The molecule has 0 amide bonds. The second-order valence-electron chi connectivity index (χ2n) is 5.05. The molecule has 1 aromatic carbocycles. The summed E-state index contributed by atoms with van der Waals surface area (Å²) in [7, 11) is 0. The zero-order valence-corrected chi connectivity index (χ0v) is 11.8. The predicted molar refractivity (Wildman–Crippen MR) is 78.4 cm³/mol. The predicted octanol–water partition coefficient (Wildman–Crippen LogP) is 4.32. The van der Waals surface area contributed by atoms with Gasteiger partial charge in [-0.05, 0) is 25.0 Å². The van der Waals surface area contributed by atoms with Crippen LogP contribution in [0.4, 0.5) is 0 Å². The number of rotatable bonds is 1. The van der Waals surface area contributed by atoms with Crippen molar-refractivity contribution < 1.29 is 0 Å². The molecule has 1 heterocycles. The molecule has 1 aliphatic carbocycles. The van der Waals surface area contributed by atoms with E-state index in [1.807, 2.05) is 18.2 Å². The largest absolute Gasteiger partial charge is 0.327 e. The second-order valence-corrected chi connectivity index (χ2v) is 6.49. The van der Waals surface area contributed by atoms with Gasteiger partial charge in [-0.25, -0.2) is 4.98 Å². The minimum Gasteiger partial charge on any atom is -0.327 e. The standard InChI is InChI=1S/C14H17ClN2S/c15-10-6-4-8-12-13(10)18-14(17-12)9-5-2-1-3-7-11(9)16/h4,6,8-9,11H,1-3,5,7,16H2. The smallest absolute Gasteiger partial charge is 0.0985 e. The van der Waals surface area contributed by atoms with Gasteiger partial charge in [-0.2, -0.15) is 0 Å². The van der Waals surface area contributed by atoms with Crippen molar-refractivity contribution in [3.8, 4) is 0 Å². The quantitative estimate of drug-likeness (QED) is 0.790. The fourth-order valence-electron chi connectivity index (χ4n) is 2.73. The van der Waals surface area contributed by atoms with E-state index in [0.717, 1.165) is 21.7 Å². The van der Waals surface area contributed by atoms with Crippen LogP contribution in [0, 0.1) is 0 Å². The fraction of sp³-hybridized carbons (Fsp3) is 0.500. The first kappa shape index (κ1) is 12.4. The molecule has 0 radical (unpaired) electrons. The average Bonchev–Trinajstić information content (AvgIpc) is 2.67. The van der Waals surface area contributed by atoms with Gasteiger partial charge in [0.1, 0.15) is 0 Å². The highest BCUT2D eigenvalue weighted by Gasteiger charge is 2.25. The summed E-state index contributed by atoms with van der Waals surface area (Å²) in [5.74, 6) is 0.418.